The number of fused-ring (bicyclic) bond motifs is 1. The van der Waals surface area contributed by atoms with Crippen molar-refractivity contribution in [1.29, 1.82) is 0 Å². The molecule has 1 N–H and O–H groups in total. The van der Waals surface area contributed by atoms with Crippen molar-refractivity contribution in [1.82, 2.24) is 10.8 Å². The van der Waals surface area contributed by atoms with Crippen LogP contribution in [0.5, 0.6) is 0 Å². The lowest BCUT2D eigenvalue weighted by Crippen LogP contribution is -2.37. The van der Waals surface area contributed by atoms with Crippen LogP contribution in [0.25, 0.3) is 0 Å². The first-order chi connectivity index (χ1) is 4.47. The molecule has 0 amide bonds. The van der Waals surface area contributed by atoms with Crippen LogP contribution in [0.2, 0.25) is 0 Å². The Kier molecular flexibility index (Phi) is 1.41. The molecular formula is C6H11N2O. The number of hydrogen-bond donors (Lipinski definition) is 1. The maximum absolute atomic E-state index is 5.26. The molecule has 3 heteroatoms. The van der Waals surface area contributed by atoms with E-state index in [1.54, 1.807) is 0 Å². The molecule has 3 nitrogen and oxygen atoms in total. The van der Waals surface area contributed by atoms with E-state index in [2.05, 4.69) is 10.8 Å². The third kappa shape index (κ3) is 0.956. The Bertz CT molecular complexity index is 95.2. The number of hydrogen-bond acceptors (Lipinski definition) is 2. The monoisotopic (exact) mass is 127 g/mol. The highest BCUT2D eigenvalue weighted by Gasteiger charge is 2.31. The number of nitrogens with zero attached hydrogens (tertiary/aromatic N) is 1. The molecule has 0 aliphatic carbocycles. The van der Waals surface area contributed by atoms with Crippen molar-refractivity contribution in [3.8, 4) is 0 Å². The van der Waals surface area contributed by atoms with E-state index in [1.807, 2.05) is 0 Å². The van der Waals surface area contributed by atoms with E-state index < -0.39 is 0 Å². The molecule has 2 saturated heterocycles. The molecule has 9 heavy (non-hydrogen) atoms. The fourth-order valence-electron chi connectivity index (χ4n) is 1.46. The van der Waals surface area contributed by atoms with E-state index in [0.29, 0.717) is 12.0 Å². The van der Waals surface area contributed by atoms with E-state index in [4.69, 9.17) is 4.84 Å². The summed E-state index contributed by atoms with van der Waals surface area (Å²) in [6, 6.07) is 0. The number of rotatable bonds is 0. The Balaban J connectivity index is 1.97. The van der Waals surface area contributed by atoms with Crippen LogP contribution >= 0.6 is 0 Å². The van der Waals surface area contributed by atoms with Crippen molar-refractivity contribution >= 4 is 0 Å². The zero-order valence-electron chi connectivity index (χ0n) is 5.34. The van der Waals surface area contributed by atoms with Gasteiger partial charge in [-0.3, -0.25) is 4.84 Å². The second-order valence-corrected chi connectivity index (χ2v) is 2.69. The van der Waals surface area contributed by atoms with Crippen molar-refractivity contribution in [2.24, 2.45) is 5.92 Å². The molecule has 2 aliphatic heterocycles. The van der Waals surface area contributed by atoms with Gasteiger partial charge in [0.1, 0.15) is 0 Å². The van der Waals surface area contributed by atoms with Crippen molar-refractivity contribution < 1.29 is 4.84 Å². The highest BCUT2D eigenvalue weighted by Crippen LogP contribution is 2.19. The molecule has 1 radical (unpaired) electrons. The molecule has 0 aromatic carbocycles. The van der Waals surface area contributed by atoms with E-state index in [1.165, 1.54) is 6.42 Å². The van der Waals surface area contributed by atoms with E-state index in [-0.39, 0.29) is 0 Å². The molecule has 2 fully saturated rings. The van der Waals surface area contributed by atoms with Gasteiger partial charge < -0.3 is 0 Å². The first kappa shape index (κ1) is 5.65. The van der Waals surface area contributed by atoms with Crippen LogP contribution in [-0.4, -0.2) is 25.7 Å². The van der Waals surface area contributed by atoms with Crippen molar-refractivity contribution in [3.63, 3.8) is 0 Å². The normalized spacial score (nSPS) is 42.7. The summed E-state index contributed by atoms with van der Waals surface area (Å²) in [4.78, 5) is 5.26. The van der Waals surface area contributed by atoms with Crippen LogP contribution < -0.4 is 10.8 Å². The first-order valence-corrected chi connectivity index (χ1v) is 3.48. The predicted octanol–water partition coefficient (Wildman–Crippen LogP) is -0.486. The Labute approximate surface area is 54.7 Å². The van der Waals surface area contributed by atoms with Crippen LogP contribution in [0, 0.1) is 5.92 Å². The standard InChI is InChI=1S/C6H11N2O/c1-2-8-9-6-4-7-3-5(1)6/h5-6,8H,1-4H2. The minimum atomic E-state index is 0.388. The van der Waals surface area contributed by atoms with E-state index in [9.17, 15) is 0 Å². The maximum Gasteiger partial charge on any atom is 0.0972 e. The van der Waals surface area contributed by atoms with Crippen molar-refractivity contribution in [2.45, 2.75) is 12.5 Å². The fourth-order valence-corrected chi connectivity index (χ4v) is 1.46. The van der Waals surface area contributed by atoms with Gasteiger partial charge in [0.15, 0.2) is 0 Å². The second kappa shape index (κ2) is 2.25. The Hall–Kier alpha value is -0.120. The average Bonchev–Trinajstić information content (AvgIpc) is 2.33. The molecule has 2 unspecified atom stereocenters. The molecule has 0 saturated carbocycles. The average molecular weight is 127 g/mol. The number of nitrogens with one attached hydrogen (secondary N) is 1. The summed E-state index contributed by atoms with van der Waals surface area (Å²) < 4.78 is 0. The third-order valence-corrected chi connectivity index (χ3v) is 2.05. The molecule has 0 bridgehead atoms. The summed E-state index contributed by atoms with van der Waals surface area (Å²) in [6.45, 7) is 2.92. The molecule has 0 aromatic rings. The smallest absolute Gasteiger partial charge is 0.0972 e. The molecule has 2 atom stereocenters. The van der Waals surface area contributed by atoms with E-state index in [0.717, 1.165) is 19.6 Å². The Morgan fingerprint density at radius 2 is 2.44 bits per heavy atom. The molecule has 2 heterocycles. The summed E-state index contributed by atoms with van der Waals surface area (Å²) in [7, 11) is 0. The molecular weight excluding hydrogens is 116 g/mol. The summed E-state index contributed by atoms with van der Waals surface area (Å²) in [6.07, 6.45) is 1.62. The van der Waals surface area contributed by atoms with Gasteiger partial charge >= 0.3 is 0 Å². The van der Waals surface area contributed by atoms with Crippen molar-refractivity contribution in [3.05, 3.63) is 0 Å². The van der Waals surface area contributed by atoms with Gasteiger partial charge in [0.25, 0.3) is 0 Å². The summed E-state index contributed by atoms with van der Waals surface area (Å²) in [5.74, 6) is 0.714. The first-order valence-electron chi connectivity index (χ1n) is 3.48. The quantitative estimate of drug-likeness (QED) is 0.477. The lowest BCUT2D eigenvalue weighted by atomic mass is 10.0. The molecule has 51 valence electrons. The zero-order chi connectivity index (χ0) is 6.10. The van der Waals surface area contributed by atoms with Gasteiger partial charge in [-0.25, -0.2) is 10.8 Å². The van der Waals surface area contributed by atoms with Gasteiger partial charge in [0, 0.05) is 25.6 Å². The van der Waals surface area contributed by atoms with E-state index >= 15 is 0 Å². The lowest BCUT2D eigenvalue weighted by Gasteiger charge is -2.24. The summed E-state index contributed by atoms with van der Waals surface area (Å²) in [5.41, 5.74) is 2.90. The second-order valence-electron chi connectivity index (χ2n) is 2.69. The summed E-state index contributed by atoms with van der Waals surface area (Å²) >= 11 is 0. The Morgan fingerprint density at radius 1 is 1.44 bits per heavy atom. The zero-order valence-corrected chi connectivity index (χ0v) is 5.34. The summed E-state index contributed by atoms with van der Waals surface area (Å²) in [5, 5.41) is 4.26. The highest BCUT2D eigenvalue weighted by atomic mass is 16.7. The van der Waals surface area contributed by atoms with Gasteiger partial charge in [0.05, 0.1) is 6.10 Å². The Morgan fingerprint density at radius 3 is 3.33 bits per heavy atom. The fraction of sp³-hybridized carbons (Fsp3) is 1.00. The molecule has 0 aromatic heterocycles. The topological polar surface area (TPSA) is 35.4 Å². The largest absolute Gasteiger partial charge is 0.297 e. The van der Waals surface area contributed by atoms with Gasteiger partial charge in [-0.05, 0) is 6.42 Å². The van der Waals surface area contributed by atoms with Crippen LogP contribution in [0.15, 0.2) is 0 Å². The van der Waals surface area contributed by atoms with Gasteiger partial charge in [-0.1, -0.05) is 0 Å². The number of hydroxylamine groups is 1. The van der Waals surface area contributed by atoms with Crippen LogP contribution in [-0.2, 0) is 4.84 Å². The predicted molar refractivity (Wildman–Crippen MR) is 32.9 cm³/mol. The minimum absolute atomic E-state index is 0.388. The van der Waals surface area contributed by atoms with Crippen molar-refractivity contribution in [2.75, 3.05) is 19.6 Å². The van der Waals surface area contributed by atoms with Gasteiger partial charge in [-0.2, -0.15) is 0 Å². The van der Waals surface area contributed by atoms with Crippen LogP contribution in [0.1, 0.15) is 6.42 Å². The molecule has 2 aliphatic rings. The van der Waals surface area contributed by atoms with Crippen LogP contribution in [0.4, 0.5) is 0 Å². The van der Waals surface area contributed by atoms with Crippen LogP contribution in [0.3, 0.4) is 0 Å². The molecule has 2 rings (SSSR count). The maximum atomic E-state index is 5.26. The lowest BCUT2D eigenvalue weighted by molar-refractivity contribution is -0.0667. The third-order valence-electron chi connectivity index (χ3n) is 2.05. The minimum Gasteiger partial charge on any atom is -0.297 e. The van der Waals surface area contributed by atoms with Gasteiger partial charge in [-0.15, -0.1) is 0 Å². The highest BCUT2D eigenvalue weighted by molar-refractivity contribution is 4.83. The SMILES string of the molecule is C1CC2C[N]CC2ON1. The van der Waals surface area contributed by atoms with Gasteiger partial charge in [0.2, 0.25) is 0 Å². The molecule has 0 spiro atoms.